The Hall–Kier alpha value is -1.49. The zero-order valence-electron chi connectivity index (χ0n) is 12.5. The largest absolute Gasteiger partial charge is 0.338 e. The first-order valence-electron chi connectivity index (χ1n) is 7.33. The molecule has 2 N–H and O–H groups in total. The molecule has 0 saturated heterocycles. The molecule has 5 heteroatoms. The average Bonchev–Trinajstić information content (AvgIpc) is 2.97. The molecule has 1 aliphatic carbocycles. The van der Waals surface area contributed by atoms with E-state index in [-0.39, 0.29) is 11.5 Å². The Kier molecular flexibility index (Phi) is 4.61. The summed E-state index contributed by atoms with van der Waals surface area (Å²) in [6.07, 6.45) is 3.51. The molecule has 1 aromatic rings. The van der Waals surface area contributed by atoms with Gasteiger partial charge in [-0.05, 0) is 38.0 Å². The van der Waals surface area contributed by atoms with Gasteiger partial charge >= 0.3 is 0 Å². The van der Waals surface area contributed by atoms with Crippen LogP contribution in [0.1, 0.15) is 44.2 Å². The van der Waals surface area contributed by atoms with Crippen molar-refractivity contribution in [3.05, 3.63) is 35.4 Å². The van der Waals surface area contributed by atoms with Gasteiger partial charge in [0.25, 0.3) is 0 Å². The van der Waals surface area contributed by atoms with Gasteiger partial charge in [0.2, 0.25) is 5.91 Å². The summed E-state index contributed by atoms with van der Waals surface area (Å²) in [5, 5.41) is 0. The maximum atomic E-state index is 13.9. The summed E-state index contributed by atoms with van der Waals surface area (Å²) in [7, 11) is 1.63. The number of hydrogen-bond donors (Lipinski definition) is 1. The van der Waals surface area contributed by atoms with Crippen molar-refractivity contribution >= 4 is 5.91 Å². The maximum Gasteiger partial charge on any atom is 0.230 e. The first-order valence-corrected chi connectivity index (χ1v) is 7.33. The van der Waals surface area contributed by atoms with E-state index in [1.54, 1.807) is 14.0 Å². The lowest BCUT2D eigenvalue weighted by Gasteiger charge is -2.35. The fourth-order valence-electron chi connectivity index (χ4n) is 3.15. The highest BCUT2D eigenvalue weighted by atomic mass is 19.1. The Morgan fingerprint density at radius 1 is 1.38 bits per heavy atom. The lowest BCUT2D eigenvalue weighted by atomic mass is 9.84. The summed E-state index contributed by atoms with van der Waals surface area (Å²) in [6.45, 7) is 2.00. The van der Waals surface area contributed by atoms with Gasteiger partial charge in [0.05, 0.1) is 11.5 Å². The zero-order chi connectivity index (χ0) is 15.6. The quantitative estimate of drug-likeness (QED) is 0.928. The molecule has 3 nitrogen and oxygen atoms in total. The molecule has 1 aromatic carbocycles. The predicted octanol–water partition coefficient (Wildman–Crippen LogP) is 3.00. The van der Waals surface area contributed by atoms with Gasteiger partial charge in [0.15, 0.2) is 0 Å². The minimum atomic E-state index is -0.535. The number of nitrogens with zero attached hydrogens (tertiary/aromatic N) is 1. The number of benzene rings is 1. The van der Waals surface area contributed by atoms with Crippen LogP contribution in [0.5, 0.6) is 0 Å². The van der Waals surface area contributed by atoms with Gasteiger partial charge in [-0.25, -0.2) is 8.78 Å². The van der Waals surface area contributed by atoms with Crippen LogP contribution in [-0.2, 0) is 4.79 Å². The van der Waals surface area contributed by atoms with Gasteiger partial charge in [-0.3, -0.25) is 4.79 Å². The second-order valence-electron chi connectivity index (χ2n) is 5.95. The van der Waals surface area contributed by atoms with Gasteiger partial charge < -0.3 is 10.6 Å². The first kappa shape index (κ1) is 15.9. The van der Waals surface area contributed by atoms with Crippen LogP contribution in [0.15, 0.2) is 18.2 Å². The molecule has 1 amide bonds. The van der Waals surface area contributed by atoms with Crippen LogP contribution in [0, 0.1) is 17.0 Å². The van der Waals surface area contributed by atoms with Gasteiger partial charge in [-0.2, -0.15) is 0 Å². The van der Waals surface area contributed by atoms with Crippen molar-refractivity contribution < 1.29 is 13.6 Å². The molecule has 0 heterocycles. The highest BCUT2D eigenvalue weighted by Gasteiger charge is 2.42. The van der Waals surface area contributed by atoms with Gasteiger partial charge in [-0.1, -0.05) is 12.8 Å². The fourth-order valence-corrected chi connectivity index (χ4v) is 3.15. The third-order valence-electron chi connectivity index (χ3n) is 4.71. The van der Waals surface area contributed by atoms with E-state index < -0.39 is 23.1 Å². The third-order valence-corrected chi connectivity index (χ3v) is 4.71. The molecule has 2 rings (SSSR count). The SMILES string of the molecule is CC(c1cc(F)ccc1F)N(C)C(=O)C1(CN)CCCC1. The topological polar surface area (TPSA) is 46.3 Å². The molecule has 1 aliphatic rings. The standard InChI is InChI=1S/C16H22F2N2O/c1-11(13-9-12(17)5-6-14(13)18)20(2)15(21)16(10-19)7-3-4-8-16/h5-6,9,11H,3-4,7-8,10,19H2,1-2H3. The number of amides is 1. The van der Waals surface area contributed by atoms with Gasteiger partial charge in [0.1, 0.15) is 11.6 Å². The minimum Gasteiger partial charge on any atom is -0.338 e. The van der Waals surface area contributed by atoms with Crippen molar-refractivity contribution in [2.75, 3.05) is 13.6 Å². The molecule has 1 fully saturated rings. The number of carbonyl (C=O) groups excluding carboxylic acids is 1. The number of rotatable bonds is 4. The lowest BCUT2D eigenvalue weighted by Crippen LogP contribution is -2.46. The Labute approximate surface area is 124 Å². The summed E-state index contributed by atoms with van der Waals surface area (Å²) in [5.41, 5.74) is 5.47. The summed E-state index contributed by atoms with van der Waals surface area (Å²) >= 11 is 0. The molecule has 0 bridgehead atoms. The summed E-state index contributed by atoms with van der Waals surface area (Å²) in [4.78, 5) is 14.2. The summed E-state index contributed by atoms with van der Waals surface area (Å²) in [6, 6.07) is 2.78. The average molecular weight is 296 g/mol. The van der Waals surface area contributed by atoms with Crippen molar-refractivity contribution in [3.8, 4) is 0 Å². The van der Waals surface area contributed by atoms with E-state index in [0.29, 0.717) is 6.54 Å². The maximum absolute atomic E-state index is 13.9. The predicted molar refractivity (Wildman–Crippen MR) is 77.5 cm³/mol. The van der Waals surface area contributed by atoms with Crippen molar-refractivity contribution in [1.82, 2.24) is 4.90 Å². The summed E-state index contributed by atoms with van der Waals surface area (Å²) in [5.74, 6) is -1.08. The van der Waals surface area contributed by atoms with E-state index in [1.165, 1.54) is 4.90 Å². The number of nitrogens with two attached hydrogens (primary N) is 1. The van der Waals surface area contributed by atoms with Gasteiger partial charge in [0, 0.05) is 19.2 Å². The molecule has 1 unspecified atom stereocenters. The molecule has 0 radical (unpaired) electrons. The molecule has 116 valence electrons. The van der Waals surface area contributed by atoms with Crippen LogP contribution in [0.3, 0.4) is 0 Å². The summed E-state index contributed by atoms with van der Waals surface area (Å²) < 4.78 is 27.2. The molecule has 1 atom stereocenters. The molecule has 0 spiro atoms. The normalized spacial score (nSPS) is 18.5. The van der Waals surface area contributed by atoms with Crippen molar-refractivity contribution in [2.45, 2.75) is 38.6 Å². The number of halogens is 2. The molecule has 0 aromatic heterocycles. The molecule has 0 aliphatic heterocycles. The number of carbonyl (C=O) groups is 1. The van der Waals surface area contributed by atoms with Crippen molar-refractivity contribution in [3.63, 3.8) is 0 Å². The lowest BCUT2D eigenvalue weighted by molar-refractivity contribution is -0.142. The van der Waals surface area contributed by atoms with E-state index in [2.05, 4.69) is 0 Å². The smallest absolute Gasteiger partial charge is 0.230 e. The fraction of sp³-hybridized carbons (Fsp3) is 0.562. The Bertz CT molecular complexity index is 527. The second-order valence-corrected chi connectivity index (χ2v) is 5.95. The first-order chi connectivity index (χ1) is 9.91. The van der Waals surface area contributed by atoms with Crippen LogP contribution in [0.4, 0.5) is 8.78 Å². The van der Waals surface area contributed by atoms with E-state index in [0.717, 1.165) is 43.9 Å². The zero-order valence-corrected chi connectivity index (χ0v) is 12.5. The Morgan fingerprint density at radius 2 is 2.00 bits per heavy atom. The minimum absolute atomic E-state index is 0.0707. The monoisotopic (exact) mass is 296 g/mol. The van der Waals surface area contributed by atoms with Crippen LogP contribution < -0.4 is 5.73 Å². The van der Waals surface area contributed by atoms with Crippen molar-refractivity contribution in [1.29, 1.82) is 0 Å². The van der Waals surface area contributed by atoms with Gasteiger partial charge in [-0.15, -0.1) is 0 Å². The molecule has 1 saturated carbocycles. The number of hydrogen-bond acceptors (Lipinski definition) is 2. The van der Waals surface area contributed by atoms with Crippen LogP contribution in [0.2, 0.25) is 0 Å². The van der Waals surface area contributed by atoms with Crippen LogP contribution in [-0.4, -0.2) is 24.4 Å². The van der Waals surface area contributed by atoms with Crippen LogP contribution >= 0.6 is 0 Å². The molecular weight excluding hydrogens is 274 g/mol. The third kappa shape index (κ3) is 2.93. The van der Waals surface area contributed by atoms with E-state index in [9.17, 15) is 13.6 Å². The van der Waals surface area contributed by atoms with Crippen LogP contribution in [0.25, 0.3) is 0 Å². The molecule has 21 heavy (non-hydrogen) atoms. The highest BCUT2D eigenvalue weighted by Crippen LogP contribution is 2.40. The van der Waals surface area contributed by atoms with E-state index in [1.807, 2.05) is 0 Å². The Balaban J connectivity index is 2.24. The Morgan fingerprint density at radius 3 is 2.57 bits per heavy atom. The van der Waals surface area contributed by atoms with E-state index >= 15 is 0 Å². The highest BCUT2D eigenvalue weighted by molar-refractivity contribution is 5.83. The second kappa shape index (κ2) is 6.10. The van der Waals surface area contributed by atoms with Crippen molar-refractivity contribution in [2.24, 2.45) is 11.1 Å². The molecular formula is C16H22F2N2O. The van der Waals surface area contributed by atoms with E-state index in [4.69, 9.17) is 5.73 Å².